The summed E-state index contributed by atoms with van der Waals surface area (Å²) in [5, 5.41) is 0. The molecule has 0 aromatic rings. The normalized spacial score (nSPS) is 23.2. The van der Waals surface area contributed by atoms with Crippen LogP contribution in [0.4, 0.5) is 13.2 Å². The van der Waals surface area contributed by atoms with E-state index in [4.69, 9.17) is 9.29 Å². The van der Waals surface area contributed by atoms with Crippen LogP contribution in [-0.4, -0.2) is 52.5 Å². The summed E-state index contributed by atoms with van der Waals surface area (Å²) < 4.78 is 77.4. The molecular formula is C14H20F3IO7S. The van der Waals surface area contributed by atoms with E-state index in [-0.39, 0.29) is 12.8 Å². The third-order valence-electron chi connectivity index (χ3n) is 3.70. The molecule has 0 spiro atoms. The summed E-state index contributed by atoms with van der Waals surface area (Å²) in [4.78, 5) is 23.9. The first-order chi connectivity index (χ1) is 11.6. The van der Waals surface area contributed by atoms with Crippen molar-refractivity contribution in [3.8, 4) is 0 Å². The van der Waals surface area contributed by atoms with Crippen molar-refractivity contribution in [1.29, 1.82) is 0 Å². The second-order valence-electron chi connectivity index (χ2n) is 6.58. The lowest BCUT2D eigenvalue weighted by molar-refractivity contribution is -0.218. The molecule has 26 heavy (non-hydrogen) atoms. The minimum atomic E-state index is -5.14. The van der Waals surface area contributed by atoms with Crippen LogP contribution < -0.4 is 0 Å². The van der Waals surface area contributed by atoms with Crippen LogP contribution in [0.15, 0.2) is 0 Å². The van der Waals surface area contributed by atoms with E-state index in [1.807, 2.05) is 22.6 Å². The zero-order valence-electron chi connectivity index (χ0n) is 14.1. The van der Waals surface area contributed by atoms with E-state index in [0.29, 0.717) is 12.8 Å². The molecule has 1 aliphatic carbocycles. The topological polar surface area (TPSA) is 107 Å². The number of hydrogen-bond donors (Lipinski definition) is 1. The van der Waals surface area contributed by atoms with Crippen LogP contribution in [0.25, 0.3) is 0 Å². The van der Waals surface area contributed by atoms with Gasteiger partial charge >= 0.3 is 18.1 Å². The molecule has 152 valence electrons. The van der Waals surface area contributed by atoms with Crippen molar-refractivity contribution in [2.75, 3.05) is 5.75 Å². The molecule has 12 heteroatoms. The predicted molar refractivity (Wildman–Crippen MR) is 92.3 cm³/mol. The summed E-state index contributed by atoms with van der Waals surface area (Å²) in [6.07, 6.45) is -7.60. The van der Waals surface area contributed by atoms with E-state index in [1.165, 1.54) is 0 Å². The van der Waals surface area contributed by atoms with Crippen LogP contribution >= 0.6 is 22.6 Å². The molecule has 0 heterocycles. The lowest BCUT2D eigenvalue weighted by Crippen LogP contribution is -2.42. The van der Waals surface area contributed by atoms with Gasteiger partial charge < -0.3 is 9.47 Å². The van der Waals surface area contributed by atoms with E-state index < -0.39 is 55.5 Å². The average molecular weight is 516 g/mol. The fourth-order valence-corrected chi connectivity index (χ4v) is 3.15. The second kappa shape index (κ2) is 8.59. The molecule has 0 radical (unpaired) electrons. The Hall–Kier alpha value is -0.630. The maximum absolute atomic E-state index is 12.8. The highest BCUT2D eigenvalue weighted by atomic mass is 127. The van der Waals surface area contributed by atoms with Crippen LogP contribution in [0.1, 0.15) is 39.5 Å². The van der Waals surface area contributed by atoms with Gasteiger partial charge in [0.1, 0.15) is 15.3 Å². The molecule has 1 fully saturated rings. The smallest absolute Gasteiger partial charge is 0.426 e. The summed E-state index contributed by atoms with van der Waals surface area (Å²) in [5.74, 6) is -4.46. The van der Waals surface area contributed by atoms with Gasteiger partial charge in [0.2, 0.25) is 6.10 Å². The number of halogens is 4. The molecule has 1 rings (SSSR count). The third kappa shape index (κ3) is 7.94. The molecule has 0 aromatic carbocycles. The van der Waals surface area contributed by atoms with Gasteiger partial charge in [0, 0.05) is 0 Å². The average Bonchev–Trinajstić information content (AvgIpc) is 2.43. The number of rotatable bonds is 6. The zero-order chi connectivity index (χ0) is 20.3. The number of carbonyl (C=O) groups is 2. The first-order valence-corrected chi connectivity index (χ1v) is 10.4. The number of ether oxygens (including phenoxy) is 2. The maximum Gasteiger partial charge on any atom is 0.426 e. The molecule has 7 nitrogen and oxygen atoms in total. The fraction of sp³-hybridized carbons (Fsp3) is 0.857. The molecule has 0 saturated heterocycles. The molecule has 0 aromatic heterocycles. The molecule has 1 N–H and O–H groups in total. The van der Waals surface area contributed by atoms with Crippen LogP contribution in [0, 0.1) is 5.92 Å². The predicted octanol–water partition coefficient (Wildman–Crippen LogP) is 2.66. The van der Waals surface area contributed by atoms with Crippen molar-refractivity contribution in [1.82, 2.24) is 0 Å². The zero-order valence-corrected chi connectivity index (χ0v) is 17.1. The van der Waals surface area contributed by atoms with Gasteiger partial charge in [0.05, 0.1) is 5.92 Å². The van der Waals surface area contributed by atoms with Crippen LogP contribution in [-0.2, 0) is 29.2 Å². The largest absolute Gasteiger partial charge is 0.461 e. The van der Waals surface area contributed by atoms with Crippen molar-refractivity contribution in [3.05, 3.63) is 0 Å². The van der Waals surface area contributed by atoms with Crippen LogP contribution in [0.5, 0.6) is 0 Å². The van der Waals surface area contributed by atoms with E-state index in [1.54, 1.807) is 13.8 Å². The molecule has 1 aliphatic rings. The number of carbonyl (C=O) groups excluding carboxylic acids is 2. The Bertz CT molecular complexity index is 627. The first-order valence-electron chi connectivity index (χ1n) is 7.72. The highest BCUT2D eigenvalue weighted by Gasteiger charge is 2.46. The van der Waals surface area contributed by atoms with E-state index >= 15 is 0 Å². The fourth-order valence-electron chi connectivity index (χ4n) is 2.38. The van der Waals surface area contributed by atoms with Gasteiger partial charge in [-0.25, -0.2) is 0 Å². The van der Waals surface area contributed by atoms with Crippen molar-refractivity contribution >= 4 is 44.6 Å². The lowest BCUT2D eigenvalue weighted by Gasteiger charge is -2.30. The molecule has 3 atom stereocenters. The van der Waals surface area contributed by atoms with Gasteiger partial charge in [-0.15, -0.1) is 0 Å². The van der Waals surface area contributed by atoms with Gasteiger partial charge in [-0.3, -0.25) is 14.1 Å². The number of esters is 2. The molecule has 0 amide bonds. The van der Waals surface area contributed by atoms with E-state index in [9.17, 15) is 31.2 Å². The number of alkyl halides is 4. The Morgan fingerprint density at radius 1 is 1.27 bits per heavy atom. The standard InChI is InChI=1S/C14H20F3IO7S/c1-13(2,18)12(20)24-9-5-3-4-8(6-9)11(19)25-10(14(15,16)17)7-26(21,22)23/h8-10H,3-7H2,1-2H3,(H,21,22,23). The molecule has 0 aliphatic heterocycles. The summed E-state index contributed by atoms with van der Waals surface area (Å²) >= 11 is 1.88. The second-order valence-corrected chi connectivity index (χ2v) is 10.8. The van der Waals surface area contributed by atoms with Gasteiger partial charge in [-0.1, -0.05) is 22.6 Å². The van der Waals surface area contributed by atoms with Gasteiger partial charge in [0.15, 0.2) is 0 Å². The Morgan fingerprint density at radius 2 is 1.85 bits per heavy atom. The summed E-state index contributed by atoms with van der Waals surface area (Å²) in [6, 6.07) is 0. The Kier molecular flexibility index (Phi) is 7.73. The van der Waals surface area contributed by atoms with Crippen molar-refractivity contribution in [2.24, 2.45) is 5.92 Å². The van der Waals surface area contributed by atoms with Crippen molar-refractivity contribution in [2.45, 2.75) is 61.3 Å². The quantitative estimate of drug-likeness (QED) is 0.251. The minimum Gasteiger partial charge on any atom is -0.461 e. The SMILES string of the molecule is CC(C)(I)C(=O)OC1CCCC(C(=O)OC(CS(=O)(=O)O)C(F)(F)F)C1. The van der Waals surface area contributed by atoms with Gasteiger partial charge in [0.25, 0.3) is 10.1 Å². The van der Waals surface area contributed by atoms with E-state index in [2.05, 4.69) is 4.74 Å². The van der Waals surface area contributed by atoms with Gasteiger partial charge in [-0.05, 0) is 39.5 Å². The summed E-state index contributed by atoms with van der Waals surface area (Å²) in [5.41, 5.74) is 0. The maximum atomic E-state index is 12.8. The highest BCUT2D eigenvalue weighted by Crippen LogP contribution is 2.31. The monoisotopic (exact) mass is 516 g/mol. The lowest BCUT2D eigenvalue weighted by atomic mass is 9.87. The summed E-state index contributed by atoms with van der Waals surface area (Å²) in [6.45, 7) is 3.27. The highest BCUT2D eigenvalue weighted by molar-refractivity contribution is 14.1. The van der Waals surface area contributed by atoms with E-state index in [0.717, 1.165) is 0 Å². The molecule has 1 saturated carbocycles. The first kappa shape index (κ1) is 23.4. The van der Waals surface area contributed by atoms with Crippen LogP contribution in [0.2, 0.25) is 0 Å². The Morgan fingerprint density at radius 3 is 2.31 bits per heavy atom. The van der Waals surface area contributed by atoms with Gasteiger partial charge in [-0.2, -0.15) is 21.6 Å². The molecule has 3 unspecified atom stereocenters. The third-order valence-corrected chi connectivity index (χ3v) is 4.87. The van der Waals surface area contributed by atoms with Crippen LogP contribution in [0.3, 0.4) is 0 Å². The summed E-state index contributed by atoms with van der Waals surface area (Å²) in [7, 11) is -4.99. The number of hydrogen-bond acceptors (Lipinski definition) is 6. The van der Waals surface area contributed by atoms with Crippen molar-refractivity contribution in [3.63, 3.8) is 0 Å². The Labute approximate surface area is 162 Å². The molecule has 0 bridgehead atoms. The van der Waals surface area contributed by atoms with Crippen molar-refractivity contribution < 1.29 is 45.2 Å². The molecular weight excluding hydrogens is 496 g/mol. The minimum absolute atomic E-state index is 0.00620. The Balaban J connectivity index is 2.74.